The Morgan fingerprint density at radius 2 is 1.68 bits per heavy atom. The fourth-order valence-corrected chi connectivity index (χ4v) is 3.94. The fraction of sp³-hybridized carbons (Fsp3) is 0.160. The molecule has 37 heavy (non-hydrogen) atoms. The van der Waals surface area contributed by atoms with Crippen molar-refractivity contribution >= 4 is 39.4 Å². The molecule has 2 amide bonds. The van der Waals surface area contributed by atoms with Gasteiger partial charge in [-0.05, 0) is 66.2 Å². The summed E-state index contributed by atoms with van der Waals surface area (Å²) in [7, 11) is -2.28. The van der Waals surface area contributed by atoms with Crippen LogP contribution < -0.4 is 24.5 Å². The van der Waals surface area contributed by atoms with Gasteiger partial charge < -0.3 is 14.8 Å². The van der Waals surface area contributed by atoms with Crippen molar-refractivity contribution in [1.82, 2.24) is 5.43 Å². The normalized spacial score (nSPS) is 11.1. The maximum atomic E-state index is 13.2. The number of hydrogen-bond donors (Lipinski definition) is 2. The summed E-state index contributed by atoms with van der Waals surface area (Å²) in [6.07, 6.45) is 2.30. The van der Waals surface area contributed by atoms with E-state index in [0.29, 0.717) is 22.7 Å². The molecule has 0 unspecified atom stereocenters. The van der Waals surface area contributed by atoms with Crippen LogP contribution in [0.5, 0.6) is 11.5 Å². The summed E-state index contributed by atoms with van der Waals surface area (Å²) in [6.45, 7) is -0.752. The number of ether oxygens (including phenoxy) is 2. The molecule has 0 aliphatic rings. The molecule has 0 bridgehead atoms. The Bertz CT molecular complexity index is 1360. The Labute approximate surface area is 213 Å². The van der Waals surface area contributed by atoms with Crippen LogP contribution in [0, 0.1) is 5.82 Å². The third kappa shape index (κ3) is 8.32. The minimum atomic E-state index is -3.79. The molecule has 0 fully saturated rings. The van der Waals surface area contributed by atoms with Crippen LogP contribution in [0.25, 0.3) is 0 Å². The van der Waals surface area contributed by atoms with Gasteiger partial charge in [0, 0.05) is 0 Å². The van der Waals surface area contributed by atoms with Gasteiger partial charge >= 0.3 is 0 Å². The van der Waals surface area contributed by atoms with Gasteiger partial charge in [0.25, 0.3) is 11.8 Å². The third-order valence-electron chi connectivity index (χ3n) is 4.84. The zero-order valence-electron chi connectivity index (χ0n) is 20.0. The quantitative estimate of drug-likeness (QED) is 0.291. The summed E-state index contributed by atoms with van der Waals surface area (Å²) in [4.78, 5) is 24.4. The summed E-state index contributed by atoms with van der Waals surface area (Å²) >= 11 is 0. The maximum absolute atomic E-state index is 13.2. The number of carbonyl (C=O) groups excluding carboxylic acids is 2. The lowest BCUT2D eigenvalue weighted by molar-refractivity contribution is -0.119. The lowest BCUT2D eigenvalue weighted by Crippen LogP contribution is -2.39. The Balaban J connectivity index is 1.50. The first-order valence-corrected chi connectivity index (χ1v) is 12.7. The number of sulfonamides is 1. The Hall–Kier alpha value is -4.45. The molecule has 3 aromatic carbocycles. The van der Waals surface area contributed by atoms with E-state index in [1.807, 2.05) is 0 Å². The number of methoxy groups -OCH3 is 1. The molecule has 0 aliphatic heterocycles. The van der Waals surface area contributed by atoms with Crippen molar-refractivity contribution in [2.24, 2.45) is 5.10 Å². The first-order chi connectivity index (χ1) is 17.7. The summed E-state index contributed by atoms with van der Waals surface area (Å²) < 4.78 is 48.8. The molecule has 0 aromatic heterocycles. The molecule has 0 atom stereocenters. The van der Waals surface area contributed by atoms with Crippen molar-refractivity contribution in [2.75, 3.05) is 36.1 Å². The molecule has 12 heteroatoms. The second-order valence-corrected chi connectivity index (χ2v) is 9.55. The molecular weight excluding hydrogens is 503 g/mol. The van der Waals surface area contributed by atoms with E-state index in [0.717, 1.165) is 22.7 Å². The summed E-state index contributed by atoms with van der Waals surface area (Å²) in [6, 6.07) is 18.3. The Kier molecular flexibility index (Phi) is 9.16. The van der Waals surface area contributed by atoms with E-state index in [2.05, 4.69) is 15.8 Å². The zero-order chi connectivity index (χ0) is 26.8. The molecule has 0 aliphatic carbocycles. The average molecular weight is 529 g/mol. The van der Waals surface area contributed by atoms with Crippen molar-refractivity contribution in [1.29, 1.82) is 0 Å². The SMILES string of the molecule is COc1ccccc1NC(=O)COc1ccc(/C=N\NC(=O)CN(c2ccc(F)cc2)S(C)(=O)=O)cc1. The average Bonchev–Trinajstić information content (AvgIpc) is 2.87. The lowest BCUT2D eigenvalue weighted by Gasteiger charge is -2.21. The fourth-order valence-electron chi connectivity index (χ4n) is 3.09. The predicted octanol–water partition coefficient (Wildman–Crippen LogP) is 2.77. The largest absolute Gasteiger partial charge is 0.495 e. The second-order valence-electron chi connectivity index (χ2n) is 7.65. The highest BCUT2D eigenvalue weighted by atomic mass is 32.2. The van der Waals surface area contributed by atoms with Gasteiger partial charge in [-0.1, -0.05) is 12.1 Å². The van der Waals surface area contributed by atoms with Gasteiger partial charge in [0.05, 0.1) is 31.0 Å². The van der Waals surface area contributed by atoms with E-state index >= 15 is 0 Å². The number of rotatable bonds is 11. The second kappa shape index (κ2) is 12.5. The van der Waals surface area contributed by atoms with Crippen LogP contribution >= 0.6 is 0 Å². The van der Waals surface area contributed by atoms with Crippen molar-refractivity contribution in [3.63, 3.8) is 0 Å². The molecule has 2 N–H and O–H groups in total. The number of amides is 2. The van der Waals surface area contributed by atoms with Gasteiger partial charge in [-0.3, -0.25) is 13.9 Å². The Morgan fingerprint density at radius 1 is 1.00 bits per heavy atom. The molecule has 0 radical (unpaired) electrons. The van der Waals surface area contributed by atoms with Gasteiger partial charge in [-0.25, -0.2) is 18.2 Å². The molecule has 194 valence electrons. The number of anilines is 2. The highest BCUT2D eigenvalue weighted by Crippen LogP contribution is 2.23. The van der Waals surface area contributed by atoms with E-state index in [9.17, 15) is 22.4 Å². The number of carbonyl (C=O) groups is 2. The van der Waals surface area contributed by atoms with Gasteiger partial charge in [0.1, 0.15) is 23.9 Å². The summed E-state index contributed by atoms with van der Waals surface area (Å²) in [5, 5.41) is 6.54. The number of nitrogens with one attached hydrogen (secondary N) is 2. The van der Waals surface area contributed by atoms with E-state index in [1.165, 1.54) is 25.5 Å². The zero-order valence-corrected chi connectivity index (χ0v) is 20.9. The molecular formula is C25H25FN4O6S. The summed E-state index contributed by atoms with van der Waals surface area (Å²) in [5.41, 5.74) is 3.55. The van der Waals surface area contributed by atoms with Crippen LogP contribution in [-0.2, 0) is 19.6 Å². The first-order valence-electron chi connectivity index (χ1n) is 10.9. The van der Waals surface area contributed by atoms with Crippen molar-refractivity contribution in [3.05, 3.63) is 84.2 Å². The Morgan fingerprint density at radius 3 is 2.32 bits per heavy atom. The van der Waals surface area contributed by atoms with Crippen LogP contribution in [0.4, 0.5) is 15.8 Å². The number of nitrogens with zero attached hydrogens (tertiary/aromatic N) is 2. The van der Waals surface area contributed by atoms with Crippen molar-refractivity contribution < 1.29 is 31.9 Å². The monoisotopic (exact) mass is 528 g/mol. The van der Waals surface area contributed by atoms with Crippen LogP contribution in [-0.4, -0.2) is 53.0 Å². The topological polar surface area (TPSA) is 126 Å². The van der Waals surface area contributed by atoms with Crippen LogP contribution in [0.2, 0.25) is 0 Å². The highest BCUT2D eigenvalue weighted by molar-refractivity contribution is 7.92. The lowest BCUT2D eigenvalue weighted by atomic mass is 10.2. The van der Waals surface area contributed by atoms with Gasteiger partial charge in [-0.15, -0.1) is 0 Å². The molecule has 0 heterocycles. The van der Waals surface area contributed by atoms with E-state index in [-0.39, 0.29) is 18.2 Å². The molecule has 10 nitrogen and oxygen atoms in total. The maximum Gasteiger partial charge on any atom is 0.262 e. The van der Waals surface area contributed by atoms with Gasteiger partial charge in [-0.2, -0.15) is 5.10 Å². The smallest absolute Gasteiger partial charge is 0.262 e. The van der Waals surface area contributed by atoms with Crippen LogP contribution in [0.15, 0.2) is 77.9 Å². The first kappa shape index (κ1) is 27.1. The van der Waals surface area contributed by atoms with Crippen molar-refractivity contribution in [3.8, 4) is 11.5 Å². The molecule has 3 rings (SSSR count). The molecule has 0 saturated carbocycles. The number of benzene rings is 3. The van der Waals surface area contributed by atoms with E-state index in [4.69, 9.17) is 9.47 Å². The van der Waals surface area contributed by atoms with Gasteiger partial charge in [0.2, 0.25) is 10.0 Å². The van der Waals surface area contributed by atoms with Crippen LogP contribution in [0.3, 0.4) is 0 Å². The van der Waals surface area contributed by atoms with Crippen LogP contribution in [0.1, 0.15) is 5.56 Å². The number of hydrogen-bond acceptors (Lipinski definition) is 7. The third-order valence-corrected chi connectivity index (χ3v) is 5.98. The molecule has 0 spiro atoms. The van der Waals surface area contributed by atoms with Gasteiger partial charge in [0.15, 0.2) is 6.61 Å². The minimum absolute atomic E-state index is 0.148. The predicted molar refractivity (Wildman–Crippen MR) is 138 cm³/mol. The standard InChI is InChI=1S/C25H25FN4O6S/c1-35-23-6-4-3-5-22(23)28-25(32)17-36-21-13-7-18(8-14-21)15-27-29-24(31)16-30(37(2,33)34)20-11-9-19(26)10-12-20/h3-15H,16-17H2,1-2H3,(H,28,32)(H,29,31)/b27-15-. The van der Waals surface area contributed by atoms with Crippen molar-refractivity contribution in [2.45, 2.75) is 0 Å². The number of hydrazone groups is 1. The van der Waals surface area contributed by atoms with E-state index < -0.39 is 28.3 Å². The molecule has 0 saturated heterocycles. The van der Waals surface area contributed by atoms with E-state index in [1.54, 1.807) is 48.5 Å². The number of para-hydroxylation sites is 2. The summed E-state index contributed by atoms with van der Waals surface area (Å²) in [5.74, 6) is -0.599. The molecule has 3 aromatic rings. The number of halogens is 1. The highest BCUT2D eigenvalue weighted by Gasteiger charge is 2.20. The minimum Gasteiger partial charge on any atom is -0.495 e.